The molecule has 110 valence electrons. The van der Waals surface area contributed by atoms with E-state index in [1.54, 1.807) is 31.4 Å². The van der Waals surface area contributed by atoms with Crippen molar-refractivity contribution in [2.75, 3.05) is 20.3 Å². The van der Waals surface area contributed by atoms with Gasteiger partial charge in [0.25, 0.3) is 0 Å². The highest BCUT2D eigenvalue weighted by Gasteiger charge is 2.14. The lowest BCUT2D eigenvalue weighted by molar-refractivity contribution is 0.0450. The number of ether oxygens (including phenoxy) is 2. The highest BCUT2D eigenvalue weighted by Crippen LogP contribution is 2.20. The first kappa shape index (κ1) is 15.1. The second-order valence-corrected chi connectivity index (χ2v) is 4.62. The van der Waals surface area contributed by atoms with E-state index in [0.717, 1.165) is 11.3 Å². The summed E-state index contributed by atoms with van der Waals surface area (Å²) in [5.41, 5.74) is 1.41. The van der Waals surface area contributed by atoms with Crippen molar-refractivity contribution in [1.29, 1.82) is 0 Å². The molecular formula is C17H18O4. The summed E-state index contributed by atoms with van der Waals surface area (Å²) in [6, 6.07) is 16.1. The Balaban J connectivity index is 1.97. The van der Waals surface area contributed by atoms with Crippen LogP contribution in [0, 0.1) is 0 Å². The number of benzene rings is 2. The van der Waals surface area contributed by atoms with E-state index in [9.17, 15) is 9.90 Å². The molecule has 0 unspecified atom stereocenters. The molecule has 0 aliphatic heterocycles. The quantitative estimate of drug-likeness (QED) is 0.829. The summed E-state index contributed by atoms with van der Waals surface area (Å²) < 4.78 is 10.4. The van der Waals surface area contributed by atoms with Crippen LogP contribution in [0.15, 0.2) is 54.6 Å². The van der Waals surface area contributed by atoms with Crippen LogP contribution in [0.5, 0.6) is 5.75 Å². The van der Waals surface area contributed by atoms with Crippen LogP contribution in [0.3, 0.4) is 0 Å². The largest absolute Gasteiger partial charge is 0.497 e. The lowest BCUT2D eigenvalue weighted by Gasteiger charge is -2.15. The van der Waals surface area contributed by atoms with E-state index in [2.05, 4.69) is 0 Å². The van der Waals surface area contributed by atoms with Gasteiger partial charge in [-0.1, -0.05) is 30.3 Å². The van der Waals surface area contributed by atoms with Crippen molar-refractivity contribution in [3.05, 3.63) is 65.7 Å². The van der Waals surface area contributed by atoms with E-state index in [1.165, 1.54) is 0 Å². The number of esters is 1. The number of carbonyl (C=O) groups is 1. The van der Waals surface area contributed by atoms with Gasteiger partial charge in [0.1, 0.15) is 12.4 Å². The Morgan fingerprint density at radius 2 is 1.76 bits per heavy atom. The molecular weight excluding hydrogens is 268 g/mol. The molecule has 0 bridgehead atoms. The van der Waals surface area contributed by atoms with E-state index < -0.39 is 0 Å². The van der Waals surface area contributed by atoms with E-state index in [0.29, 0.717) is 5.56 Å². The van der Waals surface area contributed by atoms with Crippen molar-refractivity contribution in [3.8, 4) is 5.75 Å². The fourth-order valence-electron chi connectivity index (χ4n) is 1.96. The zero-order valence-electron chi connectivity index (χ0n) is 11.9. The molecule has 2 rings (SSSR count). The van der Waals surface area contributed by atoms with E-state index in [-0.39, 0.29) is 25.1 Å². The van der Waals surface area contributed by atoms with Crippen LogP contribution >= 0.6 is 0 Å². The Morgan fingerprint density at radius 1 is 1.10 bits per heavy atom. The first-order valence-electron chi connectivity index (χ1n) is 6.71. The van der Waals surface area contributed by atoms with Crippen LogP contribution in [0.2, 0.25) is 0 Å². The lowest BCUT2D eigenvalue weighted by atomic mass is 10.0. The van der Waals surface area contributed by atoms with Gasteiger partial charge >= 0.3 is 5.97 Å². The molecule has 4 nitrogen and oxygen atoms in total. The maximum absolute atomic E-state index is 11.9. The number of methoxy groups -OCH3 is 1. The highest BCUT2D eigenvalue weighted by atomic mass is 16.5. The van der Waals surface area contributed by atoms with Crippen LogP contribution in [0.1, 0.15) is 21.8 Å². The number of rotatable bonds is 6. The van der Waals surface area contributed by atoms with Gasteiger partial charge in [0.2, 0.25) is 0 Å². The predicted octanol–water partition coefficient (Wildman–Crippen LogP) is 2.63. The molecule has 0 spiro atoms. The molecule has 4 heteroatoms. The third kappa shape index (κ3) is 4.07. The van der Waals surface area contributed by atoms with Crippen molar-refractivity contribution in [3.63, 3.8) is 0 Å². The summed E-state index contributed by atoms with van der Waals surface area (Å²) in [6.07, 6.45) is 0. The van der Waals surface area contributed by atoms with E-state index >= 15 is 0 Å². The van der Waals surface area contributed by atoms with E-state index in [1.807, 2.05) is 30.3 Å². The van der Waals surface area contributed by atoms with E-state index in [4.69, 9.17) is 9.47 Å². The first-order chi connectivity index (χ1) is 10.2. The fourth-order valence-corrected chi connectivity index (χ4v) is 1.96. The monoisotopic (exact) mass is 286 g/mol. The highest BCUT2D eigenvalue weighted by molar-refractivity contribution is 5.89. The minimum Gasteiger partial charge on any atom is -0.497 e. The molecule has 0 saturated heterocycles. The number of aliphatic hydroxyl groups excluding tert-OH is 1. The van der Waals surface area contributed by atoms with Gasteiger partial charge in [-0.15, -0.1) is 0 Å². The molecule has 2 aromatic rings. The Bertz CT molecular complexity index is 563. The Labute approximate surface area is 123 Å². The van der Waals surface area contributed by atoms with Crippen molar-refractivity contribution in [2.45, 2.75) is 5.92 Å². The number of hydrogen-bond acceptors (Lipinski definition) is 4. The Morgan fingerprint density at radius 3 is 2.33 bits per heavy atom. The molecule has 0 heterocycles. The average molecular weight is 286 g/mol. The van der Waals surface area contributed by atoms with Crippen LogP contribution in [-0.2, 0) is 4.74 Å². The van der Waals surface area contributed by atoms with Crippen LogP contribution < -0.4 is 4.74 Å². The Kier molecular flexibility index (Phi) is 5.35. The van der Waals surface area contributed by atoms with Gasteiger partial charge in [-0.25, -0.2) is 4.79 Å². The summed E-state index contributed by atoms with van der Waals surface area (Å²) in [7, 11) is 1.60. The van der Waals surface area contributed by atoms with Crippen molar-refractivity contribution in [1.82, 2.24) is 0 Å². The van der Waals surface area contributed by atoms with Gasteiger partial charge in [0.05, 0.1) is 19.3 Å². The summed E-state index contributed by atoms with van der Waals surface area (Å²) in [5.74, 6) is 0.114. The second-order valence-electron chi connectivity index (χ2n) is 4.62. The maximum atomic E-state index is 11.9. The molecule has 0 aromatic heterocycles. The molecule has 0 radical (unpaired) electrons. The third-order valence-corrected chi connectivity index (χ3v) is 3.23. The first-order valence-corrected chi connectivity index (χ1v) is 6.71. The zero-order valence-corrected chi connectivity index (χ0v) is 11.9. The summed E-state index contributed by atoms with van der Waals surface area (Å²) >= 11 is 0. The van der Waals surface area contributed by atoms with Gasteiger partial charge in [-0.2, -0.15) is 0 Å². The minimum atomic E-state index is -0.387. The van der Waals surface area contributed by atoms with Crippen LogP contribution in [-0.4, -0.2) is 31.4 Å². The molecule has 0 aliphatic rings. The SMILES string of the molecule is COc1ccc([C@H](CO)COC(=O)c2ccccc2)cc1. The fraction of sp³-hybridized carbons (Fsp3) is 0.235. The summed E-state index contributed by atoms with van der Waals surface area (Å²) in [5, 5.41) is 9.47. The molecule has 1 N–H and O–H groups in total. The van der Waals surface area contributed by atoms with Crippen molar-refractivity contribution < 1.29 is 19.4 Å². The molecule has 0 saturated carbocycles. The van der Waals surface area contributed by atoms with Crippen molar-refractivity contribution in [2.24, 2.45) is 0 Å². The molecule has 0 aliphatic carbocycles. The van der Waals surface area contributed by atoms with Gasteiger partial charge < -0.3 is 14.6 Å². The molecule has 2 aromatic carbocycles. The summed E-state index contributed by atoms with van der Waals surface area (Å²) in [6.45, 7) is 0.0466. The smallest absolute Gasteiger partial charge is 0.338 e. The maximum Gasteiger partial charge on any atom is 0.338 e. The number of aliphatic hydroxyl groups is 1. The molecule has 0 fully saturated rings. The van der Waals surface area contributed by atoms with Crippen molar-refractivity contribution >= 4 is 5.97 Å². The normalized spacial score (nSPS) is 11.7. The predicted molar refractivity (Wildman–Crippen MR) is 79.5 cm³/mol. The standard InChI is InChI=1S/C17H18O4/c1-20-16-9-7-13(8-10-16)15(11-18)12-21-17(19)14-5-3-2-4-6-14/h2-10,15,18H,11-12H2,1H3/t15-/m1/s1. The molecule has 0 amide bonds. The van der Waals surface area contributed by atoms with Crippen LogP contribution in [0.4, 0.5) is 0 Å². The number of carbonyl (C=O) groups excluding carboxylic acids is 1. The average Bonchev–Trinajstić information content (AvgIpc) is 2.56. The zero-order chi connectivity index (χ0) is 15.1. The van der Waals surface area contributed by atoms with Gasteiger partial charge in [-0.05, 0) is 29.8 Å². The molecule has 1 atom stereocenters. The van der Waals surface area contributed by atoms with Gasteiger partial charge in [-0.3, -0.25) is 0 Å². The minimum absolute atomic E-state index is 0.0889. The lowest BCUT2D eigenvalue weighted by Crippen LogP contribution is -2.16. The third-order valence-electron chi connectivity index (χ3n) is 3.23. The topological polar surface area (TPSA) is 55.8 Å². The number of hydrogen-bond donors (Lipinski definition) is 1. The van der Waals surface area contributed by atoms with Crippen LogP contribution in [0.25, 0.3) is 0 Å². The van der Waals surface area contributed by atoms with Gasteiger partial charge in [0, 0.05) is 5.92 Å². The Hall–Kier alpha value is -2.33. The second kappa shape index (κ2) is 7.45. The summed E-state index contributed by atoms with van der Waals surface area (Å²) in [4.78, 5) is 11.9. The molecule has 21 heavy (non-hydrogen) atoms. The van der Waals surface area contributed by atoms with Gasteiger partial charge in [0.15, 0.2) is 0 Å².